The minimum Gasteiger partial charge on any atom is -0.507 e. The minimum absolute atomic E-state index is 0.0490. The second-order valence-corrected chi connectivity index (χ2v) is 7.37. The van der Waals surface area contributed by atoms with Gasteiger partial charge in [0.25, 0.3) is 11.7 Å². The number of Topliss-reactive ketones (excluding diaryl/α,β-unsaturated/α-hetero) is 1. The number of methoxy groups -OCH3 is 2. The molecule has 0 saturated carbocycles. The molecule has 1 N–H and O–H groups in total. The monoisotopic (exact) mass is 439 g/mol. The zero-order valence-corrected chi connectivity index (χ0v) is 18.9. The smallest absolute Gasteiger partial charge is 0.295 e. The zero-order chi connectivity index (χ0) is 23.3. The van der Waals surface area contributed by atoms with Gasteiger partial charge in [0, 0.05) is 31.0 Å². The third kappa shape index (κ3) is 4.45. The number of hydrogen-bond donors (Lipinski definition) is 1. The maximum atomic E-state index is 13.1. The van der Waals surface area contributed by atoms with Gasteiger partial charge in [0.15, 0.2) is 11.5 Å². The molecule has 1 atom stereocenters. The van der Waals surface area contributed by atoms with Crippen molar-refractivity contribution in [3.8, 4) is 11.5 Å². The van der Waals surface area contributed by atoms with E-state index in [1.54, 1.807) is 30.3 Å². The molecule has 8 nitrogen and oxygen atoms in total. The highest BCUT2D eigenvalue weighted by molar-refractivity contribution is 6.46. The Morgan fingerprint density at radius 3 is 2.31 bits per heavy atom. The fourth-order valence-electron chi connectivity index (χ4n) is 3.93. The number of carbonyl (C=O) groups excluding carboxylic acids is 2. The van der Waals surface area contributed by atoms with Crippen molar-refractivity contribution in [2.45, 2.75) is 19.9 Å². The summed E-state index contributed by atoms with van der Waals surface area (Å²) in [4.78, 5) is 33.8. The minimum atomic E-state index is -0.751. The number of pyridine rings is 1. The molecule has 1 aliphatic rings. The Morgan fingerprint density at radius 2 is 1.72 bits per heavy atom. The molecule has 32 heavy (non-hydrogen) atoms. The van der Waals surface area contributed by atoms with Gasteiger partial charge in [0.1, 0.15) is 5.76 Å². The first-order valence-corrected chi connectivity index (χ1v) is 10.6. The van der Waals surface area contributed by atoms with Crippen LogP contribution in [0.2, 0.25) is 0 Å². The molecule has 0 bridgehead atoms. The lowest BCUT2D eigenvalue weighted by Crippen LogP contribution is -2.38. The lowest BCUT2D eigenvalue weighted by atomic mass is 9.95. The fourth-order valence-corrected chi connectivity index (χ4v) is 3.93. The third-order valence-electron chi connectivity index (χ3n) is 5.77. The van der Waals surface area contributed by atoms with Gasteiger partial charge >= 0.3 is 0 Å². The summed E-state index contributed by atoms with van der Waals surface area (Å²) in [6, 6.07) is 7.69. The average molecular weight is 440 g/mol. The number of benzene rings is 1. The van der Waals surface area contributed by atoms with E-state index in [9.17, 15) is 14.7 Å². The van der Waals surface area contributed by atoms with Crippen molar-refractivity contribution < 1.29 is 24.2 Å². The number of carbonyl (C=O) groups is 2. The Hall–Kier alpha value is -3.39. The van der Waals surface area contributed by atoms with Crippen LogP contribution in [0.3, 0.4) is 0 Å². The third-order valence-corrected chi connectivity index (χ3v) is 5.77. The van der Waals surface area contributed by atoms with Crippen molar-refractivity contribution in [1.82, 2.24) is 14.8 Å². The Morgan fingerprint density at radius 1 is 1.06 bits per heavy atom. The Kier molecular flexibility index (Phi) is 7.48. The predicted molar refractivity (Wildman–Crippen MR) is 121 cm³/mol. The normalized spacial score (nSPS) is 17.8. The summed E-state index contributed by atoms with van der Waals surface area (Å²) in [7, 11) is 3.06. The van der Waals surface area contributed by atoms with Gasteiger partial charge in [0.05, 0.1) is 25.8 Å². The maximum Gasteiger partial charge on any atom is 0.295 e. The van der Waals surface area contributed by atoms with E-state index in [1.165, 1.54) is 31.5 Å². The highest BCUT2D eigenvalue weighted by atomic mass is 16.5. The lowest BCUT2D eigenvalue weighted by molar-refractivity contribution is -0.140. The van der Waals surface area contributed by atoms with Gasteiger partial charge in [-0.2, -0.15) is 0 Å². The van der Waals surface area contributed by atoms with Crippen LogP contribution in [-0.4, -0.2) is 72.0 Å². The summed E-state index contributed by atoms with van der Waals surface area (Å²) in [6.07, 6.45) is 3.05. The molecule has 1 amide bonds. The number of likely N-dealkylation sites (tertiary alicyclic amines) is 1. The van der Waals surface area contributed by atoms with Crippen LogP contribution in [0.1, 0.15) is 31.0 Å². The number of nitrogens with zero attached hydrogens (tertiary/aromatic N) is 3. The number of amides is 1. The van der Waals surface area contributed by atoms with Gasteiger partial charge in [-0.25, -0.2) is 0 Å². The van der Waals surface area contributed by atoms with E-state index in [0.29, 0.717) is 35.7 Å². The van der Waals surface area contributed by atoms with Crippen LogP contribution in [0.15, 0.2) is 48.3 Å². The van der Waals surface area contributed by atoms with Crippen LogP contribution in [0.4, 0.5) is 0 Å². The fraction of sp³-hybridized carbons (Fsp3) is 0.375. The van der Waals surface area contributed by atoms with Crippen molar-refractivity contribution in [2.24, 2.45) is 0 Å². The summed E-state index contributed by atoms with van der Waals surface area (Å²) in [5.41, 5.74) is 1.12. The molecule has 3 rings (SSSR count). The van der Waals surface area contributed by atoms with Gasteiger partial charge in [-0.1, -0.05) is 19.9 Å². The van der Waals surface area contributed by atoms with Gasteiger partial charge in [-0.3, -0.25) is 14.6 Å². The summed E-state index contributed by atoms with van der Waals surface area (Å²) < 4.78 is 10.8. The van der Waals surface area contributed by atoms with Crippen LogP contribution in [0, 0.1) is 0 Å². The van der Waals surface area contributed by atoms with E-state index in [1.807, 2.05) is 13.8 Å². The average Bonchev–Trinajstić information content (AvgIpc) is 3.09. The molecule has 2 aromatic rings. The first-order chi connectivity index (χ1) is 15.5. The quantitative estimate of drug-likeness (QED) is 0.365. The number of aliphatic hydroxyl groups is 1. The van der Waals surface area contributed by atoms with Crippen molar-refractivity contribution in [2.75, 3.05) is 40.4 Å². The topological polar surface area (TPSA) is 92.2 Å². The van der Waals surface area contributed by atoms with E-state index < -0.39 is 17.7 Å². The SMILES string of the molecule is CCN(CC)CCN1C(=O)C(=O)/C(=C(/O)c2ccncc2)[C@@H]1c1ccc(OC)c(OC)c1. The summed E-state index contributed by atoms with van der Waals surface area (Å²) >= 11 is 0. The first kappa shape index (κ1) is 23.3. The molecule has 170 valence electrons. The number of hydrogen-bond acceptors (Lipinski definition) is 7. The molecule has 8 heteroatoms. The van der Waals surface area contributed by atoms with E-state index in [0.717, 1.165) is 13.1 Å². The van der Waals surface area contributed by atoms with Crippen molar-refractivity contribution in [3.63, 3.8) is 0 Å². The number of aliphatic hydroxyl groups excluding tert-OH is 1. The van der Waals surface area contributed by atoms with Crippen LogP contribution in [-0.2, 0) is 9.59 Å². The first-order valence-electron chi connectivity index (χ1n) is 10.6. The molecule has 1 saturated heterocycles. The van der Waals surface area contributed by atoms with E-state index >= 15 is 0 Å². The molecule has 1 aliphatic heterocycles. The van der Waals surface area contributed by atoms with Crippen molar-refractivity contribution in [1.29, 1.82) is 0 Å². The number of rotatable bonds is 9. The number of ketones is 1. The van der Waals surface area contributed by atoms with E-state index in [2.05, 4.69) is 9.88 Å². The second kappa shape index (κ2) is 10.3. The van der Waals surface area contributed by atoms with Crippen LogP contribution in [0.5, 0.6) is 11.5 Å². The summed E-state index contributed by atoms with van der Waals surface area (Å²) in [5.74, 6) is -0.559. The van der Waals surface area contributed by atoms with E-state index in [-0.39, 0.29) is 11.3 Å². The molecule has 0 spiro atoms. The lowest BCUT2D eigenvalue weighted by Gasteiger charge is -2.28. The summed E-state index contributed by atoms with van der Waals surface area (Å²) in [5, 5.41) is 11.0. The van der Waals surface area contributed by atoms with E-state index in [4.69, 9.17) is 9.47 Å². The van der Waals surface area contributed by atoms with Crippen molar-refractivity contribution >= 4 is 17.4 Å². The molecule has 0 radical (unpaired) electrons. The highest BCUT2D eigenvalue weighted by Crippen LogP contribution is 2.41. The predicted octanol–water partition coefficient (Wildman–Crippen LogP) is 2.86. The Bertz CT molecular complexity index is 1000. The molecule has 1 aromatic carbocycles. The van der Waals surface area contributed by atoms with Crippen molar-refractivity contribution in [3.05, 3.63) is 59.4 Å². The van der Waals surface area contributed by atoms with Crippen LogP contribution < -0.4 is 9.47 Å². The molecule has 1 aromatic heterocycles. The molecule has 0 aliphatic carbocycles. The van der Waals surface area contributed by atoms with Gasteiger partial charge in [-0.15, -0.1) is 0 Å². The zero-order valence-electron chi connectivity index (χ0n) is 18.9. The Labute approximate surface area is 188 Å². The molecule has 2 heterocycles. The standard InChI is InChI=1S/C24H29N3O5/c1-5-26(6-2)13-14-27-21(17-7-8-18(31-3)19(15-17)32-4)20(23(29)24(27)30)22(28)16-9-11-25-12-10-16/h7-12,15,21,28H,5-6,13-14H2,1-4H3/b22-20+/t21-/m0/s1. The molecule has 0 unspecified atom stereocenters. The van der Waals surface area contributed by atoms with Gasteiger partial charge in [0.2, 0.25) is 0 Å². The van der Waals surface area contributed by atoms with Gasteiger partial charge in [-0.05, 0) is 42.9 Å². The number of likely N-dealkylation sites (N-methyl/N-ethyl adjacent to an activating group) is 1. The highest BCUT2D eigenvalue weighted by Gasteiger charge is 2.46. The summed E-state index contributed by atoms with van der Waals surface area (Å²) in [6.45, 7) is 6.72. The largest absolute Gasteiger partial charge is 0.507 e. The Balaban J connectivity index is 2.13. The molecule has 1 fully saturated rings. The van der Waals surface area contributed by atoms with Gasteiger partial charge < -0.3 is 24.4 Å². The molecular weight excluding hydrogens is 410 g/mol. The van der Waals surface area contributed by atoms with Crippen LogP contribution >= 0.6 is 0 Å². The number of aromatic nitrogens is 1. The second-order valence-electron chi connectivity index (χ2n) is 7.37. The molecular formula is C24H29N3O5. The van der Waals surface area contributed by atoms with Crippen LogP contribution in [0.25, 0.3) is 5.76 Å². The number of ether oxygens (including phenoxy) is 2. The maximum absolute atomic E-state index is 13.1.